The van der Waals surface area contributed by atoms with E-state index in [4.69, 9.17) is 4.74 Å². The Kier molecular flexibility index (Phi) is 6.29. The third kappa shape index (κ3) is 4.30. The number of hydrogen-bond acceptors (Lipinski definition) is 1. The fraction of sp³-hybridized carbons (Fsp3) is 0.234. The SMILES string of the molecule is CC1(C)CC(C)(C)CC2(C1)c1ccccc1-c1c2c2c(c3ccccc13)OC(c1ccccc1)(c1ccc(-c3ccccc3)cc1)C=C2. The molecule has 1 saturated carbocycles. The van der Waals surface area contributed by atoms with Crippen LogP contribution in [0.3, 0.4) is 0 Å². The molecule has 6 aromatic carbocycles. The largest absolute Gasteiger partial charge is 0.472 e. The Morgan fingerprint density at radius 3 is 1.79 bits per heavy atom. The maximum Gasteiger partial charge on any atom is 0.178 e. The number of ether oxygens (including phenoxy) is 1. The first-order chi connectivity index (χ1) is 23.2. The Labute approximate surface area is 284 Å². The van der Waals surface area contributed by atoms with Gasteiger partial charge in [0.15, 0.2) is 5.60 Å². The van der Waals surface area contributed by atoms with Crippen LogP contribution in [-0.2, 0) is 11.0 Å². The minimum atomic E-state index is -0.774. The molecule has 9 rings (SSSR count). The predicted octanol–water partition coefficient (Wildman–Crippen LogP) is 12.4. The first-order valence-electron chi connectivity index (χ1n) is 17.5. The Balaban J connectivity index is 1.31. The summed E-state index contributed by atoms with van der Waals surface area (Å²) in [4.78, 5) is 0. The van der Waals surface area contributed by atoms with E-state index in [0.717, 1.165) is 29.7 Å². The van der Waals surface area contributed by atoms with Crippen molar-refractivity contribution in [3.05, 3.63) is 167 Å². The molecule has 0 aromatic heterocycles. The van der Waals surface area contributed by atoms with Gasteiger partial charge in [-0.2, -0.15) is 0 Å². The van der Waals surface area contributed by atoms with E-state index in [1.54, 1.807) is 0 Å². The summed E-state index contributed by atoms with van der Waals surface area (Å²) < 4.78 is 7.63. The predicted molar refractivity (Wildman–Crippen MR) is 200 cm³/mol. The van der Waals surface area contributed by atoms with Crippen molar-refractivity contribution < 1.29 is 4.74 Å². The second kappa shape index (κ2) is 10.3. The van der Waals surface area contributed by atoms with Gasteiger partial charge in [-0.1, -0.05) is 167 Å². The first-order valence-corrected chi connectivity index (χ1v) is 17.5. The average molecular weight is 623 g/mol. The smallest absolute Gasteiger partial charge is 0.178 e. The molecular formula is C47H42O. The van der Waals surface area contributed by atoms with Gasteiger partial charge in [0, 0.05) is 27.5 Å². The molecule has 0 radical (unpaired) electrons. The first kappa shape index (κ1) is 29.3. The van der Waals surface area contributed by atoms with Crippen LogP contribution in [0.1, 0.15) is 74.8 Å². The third-order valence-electron chi connectivity index (χ3n) is 11.3. The van der Waals surface area contributed by atoms with Gasteiger partial charge in [0.05, 0.1) is 0 Å². The van der Waals surface area contributed by atoms with Crippen LogP contribution in [0.15, 0.2) is 140 Å². The second-order valence-electron chi connectivity index (χ2n) is 16.0. The van der Waals surface area contributed by atoms with E-state index >= 15 is 0 Å². The maximum atomic E-state index is 7.63. The van der Waals surface area contributed by atoms with E-state index < -0.39 is 5.60 Å². The van der Waals surface area contributed by atoms with Crippen molar-refractivity contribution in [3.63, 3.8) is 0 Å². The molecule has 1 aliphatic heterocycles. The highest BCUT2D eigenvalue weighted by Crippen LogP contribution is 2.66. The van der Waals surface area contributed by atoms with Gasteiger partial charge in [-0.25, -0.2) is 0 Å². The summed E-state index contributed by atoms with van der Waals surface area (Å²) in [5.41, 5.74) is 11.2. The van der Waals surface area contributed by atoms with Crippen LogP contribution in [0.25, 0.3) is 39.1 Å². The van der Waals surface area contributed by atoms with Gasteiger partial charge >= 0.3 is 0 Å². The Morgan fingerprint density at radius 2 is 1.08 bits per heavy atom. The lowest BCUT2D eigenvalue weighted by atomic mass is 9.52. The Bertz CT molecular complexity index is 2200. The third-order valence-corrected chi connectivity index (χ3v) is 11.3. The van der Waals surface area contributed by atoms with Gasteiger partial charge in [-0.15, -0.1) is 0 Å². The molecule has 1 spiro atoms. The monoisotopic (exact) mass is 622 g/mol. The number of hydrogen-bond donors (Lipinski definition) is 0. The normalized spacial score (nSPS) is 20.9. The molecule has 1 atom stereocenters. The zero-order valence-corrected chi connectivity index (χ0v) is 28.4. The maximum absolute atomic E-state index is 7.63. The molecular weight excluding hydrogens is 581 g/mol. The molecule has 0 bridgehead atoms. The second-order valence-corrected chi connectivity index (χ2v) is 16.0. The molecule has 2 aliphatic carbocycles. The van der Waals surface area contributed by atoms with Crippen molar-refractivity contribution in [2.45, 2.75) is 58.0 Å². The summed E-state index contributed by atoms with van der Waals surface area (Å²) in [5.74, 6) is 0.996. The lowest BCUT2D eigenvalue weighted by molar-refractivity contribution is 0.0642. The van der Waals surface area contributed by atoms with Crippen LogP contribution in [0, 0.1) is 10.8 Å². The minimum Gasteiger partial charge on any atom is -0.472 e. The van der Waals surface area contributed by atoms with E-state index in [1.807, 2.05) is 0 Å². The van der Waals surface area contributed by atoms with E-state index in [2.05, 4.69) is 173 Å². The standard InChI is InChI=1S/C47H42O/c1-44(2)29-45(3,4)31-46(30-44)40-22-14-13-21-38(40)41-36-19-11-12-20-37(36)43-39(42(41)46)27-28-47(48-43,34-17-9-6-10-18-34)35-25-23-33(24-26-35)32-15-7-5-8-16-32/h5-28H,29-31H2,1-4H3. The molecule has 0 amide bonds. The van der Waals surface area contributed by atoms with Crippen LogP contribution in [0.4, 0.5) is 0 Å². The highest BCUT2D eigenvalue weighted by atomic mass is 16.5. The Morgan fingerprint density at radius 1 is 0.521 bits per heavy atom. The van der Waals surface area contributed by atoms with Gasteiger partial charge in [-0.3, -0.25) is 0 Å². The lowest BCUT2D eigenvalue weighted by Crippen LogP contribution is -2.44. The highest BCUT2D eigenvalue weighted by Gasteiger charge is 2.55. The van der Waals surface area contributed by atoms with E-state index in [0.29, 0.717) is 0 Å². The number of fused-ring (bicyclic) bond motifs is 10. The topological polar surface area (TPSA) is 9.23 Å². The highest BCUT2D eigenvalue weighted by molar-refractivity contribution is 6.08. The summed E-state index contributed by atoms with van der Waals surface area (Å²) in [5, 5.41) is 2.46. The van der Waals surface area contributed by atoms with Crippen LogP contribution in [-0.4, -0.2) is 0 Å². The lowest BCUT2D eigenvalue weighted by Gasteiger charge is -2.52. The summed E-state index contributed by atoms with van der Waals surface area (Å²) in [6, 6.07) is 48.6. The molecule has 1 heterocycles. The van der Waals surface area contributed by atoms with Crippen molar-refractivity contribution in [1.82, 2.24) is 0 Å². The number of rotatable bonds is 3. The molecule has 1 heteroatoms. The van der Waals surface area contributed by atoms with E-state index in [9.17, 15) is 0 Å². The zero-order chi connectivity index (χ0) is 32.7. The average Bonchev–Trinajstić information content (AvgIpc) is 3.36. The van der Waals surface area contributed by atoms with Crippen molar-refractivity contribution in [2.24, 2.45) is 10.8 Å². The van der Waals surface area contributed by atoms with Gasteiger partial charge in [0.25, 0.3) is 0 Å². The molecule has 1 nitrogen and oxygen atoms in total. The molecule has 1 fully saturated rings. The van der Waals surface area contributed by atoms with Crippen LogP contribution >= 0.6 is 0 Å². The van der Waals surface area contributed by atoms with Gasteiger partial charge in [-0.05, 0) is 74.9 Å². The van der Waals surface area contributed by atoms with Crippen molar-refractivity contribution in [3.8, 4) is 28.0 Å². The summed E-state index contributed by atoms with van der Waals surface area (Å²) in [6.45, 7) is 9.93. The van der Waals surface area contributed by atoms with Crippen molar-refractivity contribution in [2.75, 3.05) is 0 Å². The minimum absolute atomic E-state index is 0.0942. The fourth-order valence-corrected chi connectivity index (χ4v) is 10.3. The fourth-order valence-electron chi connectivity index (χ4n) is 10.3. The molecule has 0 N–H and O–H groups in total. The summed E-state index contributed by atoms with van der Waals surface area (Å²) >= 11 is 0. The summed E-state index contributed by atoms with van der Waals surface area (Å²) in [7, 11) is 0. The van der Waals surface area contributed by atoms with Crippen LogP contribution in [0.5, 0.6) is 5.75 Å². The van der Waals surface area contributed by atoms with Crippen molar-refractivity contribution in [1.29, 1.82) is 0 Å². The Hall–Kier alpha value is -4.88. The van der Waals surface area contributed by atoms with Crippen LogP contribution in [0.2, 0.25) is 0 Å². The molecule has 6 aromatic rings. The molecule has 1 unspecified atom stereocenters. The van der Waals surface area contributed by atoms with E-state index in [-0.39, 0.29) is 16.2 Å². The molecule has 48 heavy (non-hydrogen) atoms. The number of benzene rings is 6. The zero-order valence-electron chi connectivity index (χ0n) is 28.4. The van der Waals surface area contributed by atoms with E-state index in [1.165, 1.54) is 56.1 Å². The molecule has 3 aliphatic rings. The molecule has 236 valence electrons. The summed E-state index contributed by atoms with van der Waals surface area (Å²) in [6.07, 6.45) is 8.22. The van der Waals surface area contributed by atoms with Crippen LogP contribution < -0.4 is 4.74 Å². The van der Waals surface area contributed by atoms with Gasteiger partial charge in [0.2, 0.25) is 0 Å². The van der Waals surface area contributed by atoms with Crippen molar-refractivity contribution >= 4 is 16.8 Å². The van der Waals surface area contributed by atoms with Gasteiger partial charge in [0.1, 0.15) is 5.75 Å². The quantitative estimate of drug-likeness (QED) is 0.191. The molecule has 0 saturated heterocycles. The van der Waals surface area contributed by atoms with Gasteiger partial charge < -0.3 is 4.74 Å².